The zero-order valence-electron chi connectivity index (χ0n) is 10.3. The molecule has 0 fully saturated rings. The van der Waals surface area contributed by atoms with Gasteiger partial charge in [0, 0.05) is 24.9 Å². The molecule has 1 aromatic heterocycles. The smallest absolute Gasteiger partial charge is 0.248 e. The lowest BCUT2D eigenvalue weighted by Crippen LogP contribution is -2.09. The number of benzene rings is 1. The maximum Gasteiger partial charge on any atom is 0.248 e. The normalized spacial score (nSPS) is 10.8. The Morgan fingerprint density at radius 3 is 3.00 bits per heavy atom. The third-order valence-electron chi connectivity index (χ3n) is 2.43. The Labute approximate surface area is 109 Å². The van der Waals surface area contributed by atoms with E-state index in [0.29, 0.717) is 5.69 Å². The number of aryl methyl sites for hydroxylation is 1. The number of anilines is 2. The maximum absolute atomic E-state index is 13.0. The lowest BCUT2D eigenvalue weighted by molar-refractivity contribution is -0.111. The van der Waals surface area contributed by atoms with Crippen LogP contribution in [0.2, 0.25) is 0 Å². The number of nitrogens with zero attached hydrogens (tertiary/aromatic N) is 2. The maximum atomic E-state index is 13.0. The summed E-state index contributed by atoms with van der Waals surface area (Å²) >= 11 is 0. The molecule has 6 heteroatoms. The zero-order chi connectivity index (χ0) is 13.8. The fourth-order valence-corrected chi connectivity index (χ4v) is 1.51. The zero-order valence-corrected chi connectivity index (χ0v) is 10.3. The largest absolute Gasteiger partial charge is 0.397 e. The van der Waals surface area contributed by atoms with Gasteiger partial charge in [0.2, 0.25) is 5.91 Å². The van der Waals surface area contributed by atoms with Crippen LogP contribution in [0.3, 0.4) is 0 Å². The van der Waals surface area contributed by atoms with Gasteiger partial charge >= 0.3 is 0 Å². The van der Waals surface area contributed by atoms with E-state index in [4.69, 9.17) is 5.73 Å². The van der Waals surface area contributed by atoms with Gasteiger partial charge in [0.1, 0.15) is 5.82 Å². The van der Waals surface area contributed by atoms with Gasteiger partial charge in [-0.25, -0.2) is 4.39 Å². The second-order valence-electron chi connectivity index (χ2n) is 4.00. The van der Waals surface area contributed by atoms with E-state index in [1.165, 1.54) is 24.3 Å². The number of nitrogens with one attached hydrogen (secondary N) is 1. The summed E-state index contributed by atoms with van der Waals surface area (Å²) in [6.45, 7) is 0. The van der Waals surface area contributed by atoms with Crippen molar-refractivity contribution in [3.05, 3.63) is 48.0 Å². The summed E-state index contributed by atoms with van der Waals surface area (Å²) in [6.07, 6.45) is 6.33. The molecule has 0 aliphatic carbocycles. The molecule has 0 atom stereocenters. The first-order valence-electron chi connectivity index (χ1n) is 5.57. The van der Waals surface area contributed by atoms with Gasteiger partial charge in [-0.1, -0.05) is 0 Å². The lowest BCUT2D eigenvalue weighted by Gasteiger charge is -2.05. The Morgan fingerprint density at radius 1 is 1.53 bits per heavy atom. The number of carbonyl (C=O) groups is 1. The highest BCUT2D eigenvalue weighted by atomic mass is 19.1. The third-order valence-corrected chi connectivity index (χ3v) is 2.43. The van der Waals surface area contributed by atoms with Gasteiger partial charge in [-0.15, -0.1) is 0 Å². The van der Waals surface area contributed by atoms with Crippen molar-refractivity contribution >= 4 is 23.4 Å². The fraction of sp³-hybridized carbons (Fsp3) is 0.0769. The molecule has 0 aliphatic heterocycles. The number of hydrogen-bond acceptors (Lipinski definition) is 3. The first-order chi connectivity index (χ1) is 9.04. The van der Waals surface area contributed by atoms with E-state index >= 15 is 0 Å². The van der Waals surface area contributed by atoms with Crippen molar-refractivity contribution in [3.63, 3.8) is 0 Å². The fourth-order valence-electron chi connectivity index (χ4n) is 1.51. The molecule has 1 heterocycles. The number of nitrogens with two attached hydrogens (primary N) is 1. The quantitative estimate of drug-likeness (QED) is 0.652. The van der Waals surface area contributed by atoms with Gasteiger partial charge < -0.3 is 11.1 Å². The van der Waals surface area contributed by atoms with Crippen LogP contribution in [-0.4, -0.2) is 15.7 Å². The van der Waals surface area contributed by atoms with Gasteiger partial charge in [0.05, 0.1) is 17.6 Å². The van der Waals surface area contributed by atoms with Crippen LogP contribution in [0.25, 0.3) is 6.08 Å². The number of hydrogen-bond donors (Lipinski definition) is 2. The van der Waals surface area contributed by atoms with E-state index in [1.807, 2.05) is 0 Å². The Morgan fingerprint density at radius 2 is 2.32 bits per heavy atom. The first-order valence-corrected chi connectivity index (χ1v) is 5.57. The number of rotatable bonds is 3. The number of amides is 1. The van der Waals surface area contributed by atoms with Crippen LogP contribution in [0.1, 0.15) is 5.56 Å². The number of carbonyl (C=O) groups excluding carboxylic acids is 1. The summed E-state index contributed by atoms with van der Waals surface area (Å²) in [4.78, 5) is 11.7. The first kappa shape index (κ1) is 12.8. The van der Waals surface area contributed by atoms with E-state index in [0.717, 1.165) is 5.56 Å². The van der Waals surface area contributed by atoms with Gasteiger partial charge in [0.25, 0.3) is 0 Å². The standard InChI is InChI=1S/C13H13FN4O/c1-18-8-9(7-16-18)2-5-13(19)17-12-6-10(14)3-4-11(12)15/h2-8H,15H2,1H3,(H,17,19). The molecule has 2 aromatic rings. The van der Waals surface area contributed by atoms with Crippen molar-refractivity contribution in [3.8, 4) is 0 Å². The second-order valence-corrected chi connectivity index (χ2v) is 4.00. The van der Waals surface area contributed by atoms with Crippen LogP contribution in [0.4, 0.5) is 15.8 Å². The highest BCUT2D eigenvalue weighted by Gasteiger charge is 2.03. The molecule has 5 nitrogen and oxygen atoms in total. The molecule has 0 bridgehead atoms. The molecule has 1 amide bonds. The highest BCUT2D eigenvalue weighted by molar-refractivity contribution is 6.03. The SMILES string of the molecule is Cn1cc(C=CC(=O)Nc2cc(F)ccc2N)cn1. The van der Waals surface area contributed by atoms with Gasteiger partial charge in [-0.05, 0) is 24.3 Å². The van der Waals surface area contributed by atoms with Crippen LogP contribution in [0, 0.1) is 5.82 Å². The summed E-state index contributed by atoms with van der Waals surface area (Å²) < 4.78 is 14.6. The molecule has 0 spiro atoms. The van der Waals surface area contributed by atoms with E-state index in [9.17, 15) is 9.18 Å². The average Bonchev–Trinajstić information content (AvgIpc) is 2.77. The van der Waals surface area contributed by atoms with Crippen molar-refractivity contribution in [1.82, 2.24) is 9.78 Å². The van der Waals surface area contributed by atoms with E-state index in [1.54, 1.807) is 30.2 Å². The highest BCUT2D eigenvalue weighted by Crippen LogP contribution is 2.19. The molecule has 0 radical (unpaired) electrons. The Hall–Kier alpha value is -2.63. The van der Waals surface area contributed by atoms with Gasteiger partial charge in [0.15, 0.2) is 0 Å². The average molecular weight is 260 g/mol. The predicted molar refractivity (Wildman–Crippen MR) is 71.7 cm³/mol. The predicted octanol–water partition coefficient (Wildman–Crippen LogP) is 1.79. The van der Waals surface area contributed by atoms with Crippen molar-refractivity contribution in [2.24, 2.45) is 7.05 Å². The van der Waals surface area contributed by atoms with Crippen LogP contribution < -0.4 is 11.1 Å². The minimum absolute atomic E-state index is 0.251. The molecule has 0 unspecified atom stereocenters. The second kappa shape index (κ2) is 5.34. The molecular weight excluding hydrogens is 247 g/mol. The molecule has 2 rings (SSSR count). The third kappa shape index (κ3) is 3.41. The monoisotopic (exact) mass is 260 g/mol. The number of aromatic nitrogens is 2. The van der Waals surface area contributed by atoms with Crippen LogP contribution in [0.15, 0.2) is 36.7 Å². The van der Waals surface area contributed by atoms with Crippen molar-refractivity contribution in [2.45, 2.75) is 0 Å². The van der Waals surface area contributed by atoms with Crippen LogP contribution in [0.5, 0.6) is 0 Å². The summed E-state index contributed by atoms with van der Waals surface area (Å²) in [5.41, 5.74) is 6.99. The molecule has 0 saturated carbocycles. The minimum atomic E-state index is -0.458. The Bertz CT molecular complexity index is 633. The molecular formula is C13H13FN4O. The number of halogens is 1. The Kier molecular flexibility index (Phi) is 3.61. The molecule has 98 valence electrons. The van der Waals surface area contributed by atoms with Crippen LogP contribution >= 0.6 is 0 Å². The van der Waals surface area contributed by atoms with E-state index in [-0.39, 0.29) is 11.6 Å². The van der Waals surface area contributed by atoms with Crippen molar-refractivity contribution in [2.75, 3.05) is 11.1 Å². The van der Waals surface area contributed by atoms with Crippen molar-refractivity contribution < 1.29 is 9.18 Å². The summed E-state index contributed by atoms with van der Waals surface area (Å²) in [7, 11) is 1.78. The Balaban J connectivity index is 2.05. The molecule has 0 saturated heterocycles. The van der Waals surface area contributed by atoms with Crippen LogP contribution in [-0.2, 0) is 11.8 Å². The summed E-state index contributed by atoms with van der Waals surface area (Å²) in [5.74, 6) is -0.845. The summed E-state index contributed by atoms with van der Waals surface area (Å²) in [5, 5.41) is 6.48. The van der Waals surface area contributed by atoms with E-state index < -0.39 is 5.82 Å². The summed E-state index contributed by atoms with van der Waals surface area (Å²) in [6, 6.07) is 3.80. The van der Waals surface area contributed by atoms with Gasteiger partial charge in [-0.3, -0.25) is 9.48 Å². The molecule has 19 heavy (non-hydrogen) atoms. The van der Waals surface area contributed by atoms with E-state index in [2.05, 4.69) is 10.4 Å². The molecule has 0 aliphatic rings. The number of nitrogen functional groups attached to an aromatic ring is 1. The lowest BCUT2D eigenvalue weighted by atomic mass is 10.2. The van der Waals surface area contributed by atoms with Crippen molar-refractivity contribution in [1.29, 1.82) is 0 Å². The minimum Gasteiger partial charge on any atom is -0.397 e. The molecule has 3 N–H and O–H groups in total. The molecule has 1 aromatic carbocycles. The van der Waals surface area contributed by atoms with Gasteiger partial charge in [-0.2, -0.15) is 5.10 Å². The topological polar surface area (TPSA) is 72.9 Å².